The van der Waals surface area contributed by atoms with Gasteiger partial charge in [0, 0.05) is 60.9 Å². The molecule has 0 aliphatic carbocycles. The van der Waals surface area contributed by atoms with Gasteiger partial charge in [0.1, 0.15) is 35.3 Å². The number of aromatic nitrogens is 2. The number of anilines is 2. The van der Waals surface area contributed by atoms with Crippen LogP contribution in [0.15, 0.2) is 78.1 Å². The van der Waals surface area contributed by atoms with Gasteiger partial charge in [0.15, 0.2) is 4.90 Å². The zero-order valence-corrected chi connectivity index (χ0v) is 31.0. The molecular weight excluding hydrogens is 734 g/mol. The zero-order valence-electron chi connectivity index (χ0n) is 30.2. The first-order valence-electron chi connectivity index (χ1n) is 17.5. The molecule has 0 bridgehead atoms. The second kappa shape index (κ2) is 16.1. The molecule has 4 aromatic rings. The van der Waals surface area contributed by atoms with Gasteiger partial charge in [0.05, 0.1) is 32.9 Å². The molecule has 0 saturated carbocycles. The normalized spacial score (nSPS) is 19.3. The predicted octanol–water partition coefficient (Wildman–Crippen LogP) is 6.88. The van der Waals surface area contributed by atoms with Gasteiger partial charge in [-0.05, 0) is 75.0 Å². The number of ether oxygens (including phenoxy) is 3. The van der Waals surface area contributed by atoms with Gasteiger partial charge in [0.25, 0.3) is 10.0 Å². The number of piperidine rings is 1. The lowest BCUT2D eigenvalue weighted by Crippen LogP contribution is -2.60. The summed E-state index contributed by atoms with van der Waals surface area (Å²) in [6, 6.07) is 13.4. The Morgan fingerprint density at radius 2 is 1.81 bits per heavy atom. The summed E-state index contributed by atoms with van der Waals surface area (Å²) in [5, 5.41) is 0. The van der Waals surface area contributed by atoms with Crippen LogP contribution in [0.5, 0.6) is 11.5 Å². The van der Waals surface area contributed by atoms with Crippen molar-refractivity contribution in [1.29, 1.82) is 0 Å². The quantitative estimate of drug-likeness (QED) is 0.135. The Hall–Kier alpha value is -4.54. The summed E-state index contributed by atoms with van der Waals surface area (Å²) in [5.74, 6) is -1.95. The molecule has 290 valence electrons. The Bertz CT molecular complexity index is 2010. The molecule has 16 heteroatoms. The van der Waals surface area contributed by atoms with Crippen LogP contribution in [0.25, 0.3) is 0 Å². The van der Waals surface area contributed by atoms with Gasteiger partial charge in [-0.25, -0.2) is 31.5 Å². The van der Waals surface area contributed by atoms with Crippen molar-refractivity contribution in [2.75, 3.05) is 56.8 Å². The third-order valence-corrected chi connectivity index (χ3v) is 12.2. The number of likely N-dealkylation sites (N-methyl/N-ethyl adjacent to an activating group) is 1. The van der Waals surface area contributed by atoms with Gasteiger partial charge >= 0.3 is 6.18 Å². The Kier molecular flexibility index (Phi) is 11.6. The number of rotatable bonds is 13. The largest absolute Gasteiger partial charge is 0.497 e. The van der Waals surface area contributed by atoms with Crippen molar-refractivity contribution in [3.8, 4) is 11.5 Å². The molecule has 3 heterocycles. The van der Waals surface area contributed by atoms with Gasteiger partial charge in [-0.1, -0.05) is 18.2 Å². The fourth-order valence-electron chi connectivity index (χ4n) is 7.44. The fraction of sp³-hybridized carbons (Fsp3) is 0.421. The van der Waals surface area contributed by atoms with Crippen LogP contribution in [0.2, 0.25) is 0 Å². The van der Waals surface area contributed by atoms with E-state index < -0.39 is 43.8 Å². The van der Waals surface area contributed by atoms with E-state index in [9.17, 15) is 21.6 Å². The molecule has 1 aromatic heterocycles. The van der Waals surface area contributed by atoms with Crippen LogP contribution in [0.1, 0.15) is 42.4 Å². The van der Waals surface area contributed by atoms with Crippen LogP contribution in [0, 0.1) is 11.6 Å². The topological polar surface area (TPSA) is 97.3 Å². The van der Waals surface area contributed by atoms with Crippen LogP contribution in [0.4, 0.5) is 33.5 Å². The molecule has 2 atom stereocenters. The number of aryl methyl sites for hydroxylation is 1. The van der Waals surface area contributed by atoms with Crippen molar-refractivity contribution < 1.29 is 44.6 Å². The summed E-state index contributed by atoms with van der Waals surface area (Å²) in [6.07, 6.45) is 0.855. The minimum absolute atomic E-state index is 0.0459. The average molecular weight is 776 g/mol. The standard InChI is InChI=1S/C38H42F5N5O5S/c1-46(29-12-17-53-23-29)37(14-10-26-6-4-7-28(18-26)38(41,42)43)13-5-16-47(24-37)30-19-32(39)36(33(40)20-30)54(49,50)48(35-11-15-44-25-45-35)22-27-8-9-31(51-2)21-34(27)52-3/h4,6-9,11,15,18-21,25,29H,5,10,12-14,16-17,22-24H2,1-3H3/t29-,37-/m0/s1. The van der Waals surface area contributed by atoms with Crippen LogP contribution in [-0.4, -0.2) is 82.4 Å². The average Bonchev–Trinajstić information content (AvgIpc) is 3.71. The molecule has 0 amide bonds. The second-order valence-corrected chi connectivity index (χ2v) is 15.4. The van der Waals surface area contributed by atoms with Gasteiger partial charge < -0.3 is 19.1 Å². The van der Waals surface area contributed by atoms with E-state index in [1.165, 1.54) is 32.5 Å². The number of sulfonamides is 1. The predicted molar refractivity (Wildman–Crippen MR) is 192 cm³/mol. The Morgan fingerprint density at radius 1 is 1.04 bits per heavy atom. The van der Waals surface area contributed by atoms with Gasteiger partial charge in [0.2, 0.25) is 0 Å². The lowest BCUT2D eigenvalue weighted by Gasteiger charge is -2.51. The smallest absolute Gasteiger partial charge is 0.416 e. The molecular formula is C38H42F5N5O5S. The van der Waals surface area contributed by atoms with Gasteiger partial charge in [-0.15, -0.1) is 0 Å². The highest BCUT2D eigenvalue weighted by molar-refractivity contribution is 7.92. The van der Waals surface area contributed by atoms with E-state index >= 15 is 8.78 Å². The maximum Gasteiger partial charge on any atom is 0.416 e. The lowest BCUT2D eigenvalue weighted by molar-refractivity contribution is -0.137. The summed E-state index contributed by atoms with van der Waals surface area (Å²) in [7, 11) is -0.0837. The van der Waals surface area contributed by atoms with Crippen LogP contribution in [-0.2, 0) is 33.9 Å². The first-order valence-corrected chi connectivity index (χ1v) is 18.9. The maximum atomic E-state index is 16.3. The number of nitrogens with zero attached hydrogens (tertiary/aromatic N) is 5. The van der Waals surface area contributed by atoms with E-state index in [1.54, 1.807) is 24.3 Å². The van der Waals surface area contributed by atoms with Crippen molar-refractivity contribution in [3.05, 3.63) is 102 Å². The van der Waals surface area contributed by atoms with Crippen LogP contribution >= 0.6 is 0 Å². The third-order valence-electron chi connectivity index (χ3n) is 10.4. The van der Waals surface area contributed by atoms with Crippen molar-refractivity contribution >= 4 is 21.5 Å². The Labute approximate surface area is 311 Å². The number of halogens is 5. The first-order chi connectivity index (χ1) is 25.8. The summed E-state index contributed by atoms with van der Waals surface area (Å²) < 4.78 is 119. The van der Waals surface area contributed by atoms with Crippen LogP contribution < -0.4 is 18.7 Å². The zero-order chi connectivity index (χ0) is 38.7. The third kappa shape index (κ3) is 8.25. The number of benzene rings is 3. The lowest BCUT2D eigenvalue weighted by atomic mass is 9.80. The van der Waals surface area contributed by atoms with Crippen LogP contribution in [0.3, 0.4) is 0 Å². The van der Waals surface area contributed by atoms with Gasteiger partial charge in [-0.3, -0.25) is 4.90 Å². The highest BCUT2D eigenvalue weighted by atomic mass is 32.2. The van der Waals surface area contributed by atoms with E-state index in [0.717, 1.165) is 41.3 Å². The fourth-order valence-corrected chi connectivity index (χ4v) is 8.93. The SMILES string of the molecule is COc1ccc(CN(c2ccncn2)S(=O)(=O)c2c(F)cc(N3CCC[C@@](CCc4cccc(C(F)(F)F)c4)(N(C)[C@H]4CCOC4)C3)cc2F)c(OC)c1. The highest BCUT2D eigenvalue weighted by Crippen LogP contribution is 2.39. The molecule has 0 spiro atoms. The molecule has 2 aliphatic heterocycles. The maximum absolute atomic E-state index is 16.3. The van der Waals surface area contributed by atoms with E-state index in [1.807, 2.05) is 11.9 Å². The summed E-state index contributed by atoms with van der Waals surface area (Å²) in [4.78, 5) is 10.8. The van der Waals surface area contributed by atoms with E-state index in [2.05, 4.69) is 14.9 Å². The first kappa shape index (κ1) is 39.2. The molecule has 0 N–H and O–H groups in total. The Morgan fingerprint density at radius 3 is 2.46 bits per heavy atom. The van der Waals surface area contributed by atoms with E-state index in [-0.39, 0.29) is 29.8 Å². The minimum Gasteiger partial charge on any atom is -0.497 e. The number of hydrogen-bond acceptors (Lipinski definition) is 9. The van der Waals surface area contributed by atoms with E-state index in [4.69, 9.17) is 14.2 Å². The summed E-state index contributed by atoms with van der Waals surface area (Å²) in [5.41, 5.74) is -0.258. The minimum atomic E-state index is -4.92. The molecule has 54 heavy (non-hydrogen) atoms. The van der Waals surface area contributed by atoms with Crippen molar-refractivity contribution in [1.82, 2.24) is 14.9 Å². The van der Waals surface area contributed by atoms with Gasteiger partial charge in [-0.2, -0.15) is 13.2 Å². The molecule has 2 aliphatic rings. The number of hydrogen-bond donors (Lipinski definition) is 0. The summed E-state index contributed by atoms with van der Waals surface area (Å²) >= 11 is 0. The van der Waals surface area contributed by atoms with Crippen molar-refractivity contribution in [2.24, 2.45) is 0 Å². The molecule has 10 nitrogen and oxygen atoms in total. The summed E-state index contributed by atoms with van der Waals surface area (Å²) in [6.45, 7) is 1.41. The monoisotopic (exact) mass is 775 g/mol. The molecule has 0 radical (unpaired) electrons. The number of alkyl halides is 3. The van der Waals surface area contributed by atoms with Crippen molar-refractivity contribution in [3.63, 3.8) is 0 Å². The second-order valence-electron chi connectivity index (χ2n) is 13.6. The molecule has 2 saturated heterocycles. The number of methoxy groups -OCH3 is 2. The molecule has 6 rings (SSSR count). The Balaban J connectivity index is 1.32. The molecule has 0 unspecified atom stereocenters. The van der Waals surface area contributed by atoms with E-state index in [0.29, 0.717) is 68.9 Å². The molecule has 3 aromatic carbocycles. The van der Waals surface area contributed by atoms with Crippen molar-refractivity contribution in [2.45, 2.75) is 61.3 Å². The highest BCUT2D eigenvalue weighted by Gasteiger charge is 2.43. The molecule has 2 fully saturated rings.